The molecule has 1 aliphatic rings. The van der Waals surface area contributed by atoms with E-state index in [1.54, 1.807) is 30.5 Å². The highest BCUT2D eigenvalue weighted by molar-refractivity contribution is 5.96. The van der Waals surface area contributed by atoms with E-state index in [-0.39, 0.29) is 11.8 Å². The second-order valence-corrected chi connectivity index (χ2v) is 6.07. The smallest absolute Gasteiger partial charge is 0.319 e. The number of pyridine rings is 1. The molecule has 0 bridgehead atoms. The van der Waals surface area contributed by atoms with Gasteiger partial charge in [0, 0.05) is 37.1 Å². The summed E-state index contributed by atoms with van der Waals surface area (Å²) in [6, 6.07) is 10.4. The van der Waals surface area contributed by atoms with Crippen LogP contribution in [0, 0.1) is 0 Å². The summed E-state index contributed by atoms with van der Waals surface area (Å²) in [6.07, 6.45) is 1.75. The van der Waals surface area contributed by atoms with E-state index in [0.717, 1.165) is 24.5 Å². The molecule has 1 aliphatic heterocycles. The molecule has 0 saturated carbocycles. The number of amides is 2. The number of urea groups is 1. The summed E-state index contributed by atoms with van der Waals surface area (Å²) < 4.78 is 5.35. The summed E-state index contributed by atoms with van der Waals surface area (Å²) >= 11 is 0. The van der Waals surface area contributed by atoms with Crippen molar-refractivity contribution in [2.24, 2.45) is 0 Å². The van der Waals surface area contributed by atoms with Crippen LogP contribution in [0.1, 0.15) is 22.8 Å². The molecule has 0 atom stereocenters. The van der Waals surface area contributed by atoms with Crippen LogP contribution in [-0.4, -0.2) is 43.1 Å². The van der Waals surface area contributed by atoms with Crippen LogP contribution in [0.15, 0.2) is 42.6 Å². The van der Waals surface area contributed by atoms with Crippen LogP contribution in [0.5, 0.6) is 0 Å². The lowest BCUT2D eigenvalue weighted by Gasteiger charge is -2.28. The van der Waals surface area contributed by atoms with E-state index < -0.39 is 0 Å². The summed E-state index contributed by atoms with van der Waals surface area (Å²) in [5.41, 5.74) is 2.11. The molecule has 2 N–H and O–H groups in total. The third-order valence-electron chi connectivity index (χ3n) is 4.13. The number of carbonyl (C=O) groups is 2. The van der Waals surface area contributed by atoms with E-state index in [9.17, 15) is 9.59 Å². The Morgan fingerprint density at radius 3 is 2.77 bits per heavy atom. The average Bonchev–Trinajstić information content (AvgIpc) is 2.67. The predicted octanol–water partition coefficient (Wildman–Crippen LogP) is 2.44. The minimum Gasteiger partial charge on any atom is -0.378 e. The lowest BCUT2D eigenvalue weighted by molar-refractivity contribution is 0.101. The average molecular weight is 354 g/mol. The van der Waals surface area contributed by atoms with Crippen molar-refractivity contribution in [3.05, 3.63) is 53.7 Å². The molecular weight excluding hydrogens is 332 g/mol. The number of Topliss-reactive ketones (excluding diaryl/α,β-unsaturated/α-hetero) is 1. The Morgan fingerprint density at radius 2 is 2.00 bits per heavy atom. The summed E-state index contributed by atoms with van der Waals surface area (Å²) in [6.45, 7) is 4.91. The first-order valence-electron chi connectivity index (χ1n) is 8.55. The molecule has 26 heavy (non-hydrogen) atoms. The number of morpholine rings is 1. The van der Waals surface area contributed by atoms with Crippen LogP contribution < -0.4 is 15.5 Å². The van der Waals surface area contributed by atoms with E-state index in [4.69, 9.17) is 4.74 Å². The first kappa shape index (κ1) is 17.9. The number of anilines is 2. The highest BCUT2D eigenvalue weighted by Crippen LogP contribution is 2.14. The van der Waals surface area contributed by atoms with Crippen molar-refractivity contribution in [2.45, 2.75) is 13.5 Å². The predicted molar refractivity (Wildman–Crippen MR) is 99.6 cm³/mol. The molecule has 3 rings (SSSR count). The van der Waals surface area contributed by atoms with Crippen molar-refractivity contribution in [2.75, 3.05) is 36.5 Å². The fourth-order valence-corrected chi connectivity index (χ4v) is 2.71. The maximum Gasteiger partial charge on any atom is 0.319 e. The molecule has 7 nitrogen and oxygen atoms in total. The third-order valence-corrected chi connectivity index (χ3v) is 4.13. The number of nitrogens with zero attached hydrogens (tertiary/aromatic N) is 2. The molecular formula is C19H22N4O3. The number of aromatic nitrogens is 1. The monoisotopic (exact) mass is 354 g/mol. The van der Waals surface area contributed by atoms with Gasteiger partial charge in [-0.2, -0.15) is 0 Å². The Labute approximate surface area is 152 Å². The number of carbonyl (C=O) groups excluding carboxylic acids is 2. The number of benzene rings is 1. The van der Waals surface area contributed by atoms with Crippen molar-refractivity contribution in [3.8, 4) is 0 Å². The number of ketones is 1. The zero-order valence-corrected chi connectivity index (χ0v) is 14.7. The van der Waals surface area contributed by atoms with E-state index in [0.29, 0.717) is 31.0 Å². The minimum absolute atomic E-state index is 0.0403. The summed E-state index contributed by atoms with van der Waals surface area (Å²) in [4.78, 5) is 30.1. The molecule has 1 aromatic heterocycles. The Hall–Kier alpha value is -2.93. The van der Waals surface area contributed by atoms with E-state index in [1.807, 2.05) is 12.1 Å². The van der Waals surface area contributed by atoms with Crippen LogP contribution in [-0.2, 0) is 11.3 Å². The molecule has 1 aromatic carbocycles. The molecule has 2 amide bonds. The van der Waals surface area contributed by atoms with Crippen molar-refractivity contribution in [1.29, 1.82) is 0 Å². The summed E-state index contributed by atoms with van der Waals surface area (Å²) in [5.74, 6) is 0.851. The zero-order chi connectivity index (χ0) is 18.4. The van der Waals surface area contributed by atoms with Gasteiger partial charge in [0.25, 0.3) is 0 Å². The van der Waals surface area contributed by atoms with E-state index >= 15 is 0 Å². The molecule has 1 saturated heterocycles. The topological polar surface area (TPSA) is 83.6 Å². The second kappa shape index (κ2) is 8.44. The number of ether oxygens (including phenoxy) is 1. The lowest BCUT2D eigenvalue weighted by atomic mass is 10.1. The highest BCUT2D eigenvalue weighted by atomic mass is 16.5. The Balaban J connectivity index is 1.56. The first-order chi connectivity index (χ1) is 12.6. The van der Waals surface area contributed by atoms with Gasteiger partial charge in [-0.15, -0.1) is 0 Å². The summed E-state index contributed by atoms with van der Waals surface area (Å²) in [5, 5.41) is 5.56. The molecule has 0 unspecified atom stereocenters. The quantitative estimate of drug-likeness (QED) is 0.806. The van der Waals surface area contributed by atoms with Crippen molar-refractivity contribution in [1.82, 2.24) is 10.3 Å². The fraction of sp³-hybridized carbons (Fsp3) is 0.316. The Kier molecular flexibility index (Phi) is 5.80. The highest BCUT2D eigenvalue weighted by Gasteiger charge is 2.12. The van der Waals surface area contributed by atoms with Crippen molar-refractivity contribution < 1.29 is 14.3 Å². The molecule has 2 heterocycles. The van der Waals surface area contributed by atoms with Crippen molar-refractivity contribution >= 4 is 23.3 Å². The molecule has 0 aliphatic carbocycles. The van der Waals surface area contributed by atoms with Crippen molar-refractivity contribution in [3.63, 3.8) is 0 Å². The van der Waals surface area contributed by atoms with Gasteiger partial charge in [-0.1, -0.05) is 12.1 Å². The standard InChI is InChI=1S/C19H22N4O3/c1-14(24)16-3-2-4-17(12-16)22-19(25)21-13-15-5-6-20-18(11-15)23-7-9-26-10-8-23/h2-6,11-12H,7-10,13H2,1H3,(H2,21,22,25). The maximum absolute atomic E-state index is 12.1. The van der Waals surface area contributed by atoms with Crippen LogP contribution in [0.3, 0.4) is 0 Å². The van der Waals surface area contributed by atoms with Gasteiger partial charge >= 0.3 is 6.03 Å². The number of hydrogen-bond acceptors (Lipinski definition) is 5. The first-order valence-corrected chi connectivity index (χ1v) is 8.55. The molecule has 0 spiro atoms. The van der Waals surface area contributed by atoms with Gasteiger partial charge in [-0.3, -0.25) is 4.79 Å². The lowest BCUT2D eigenvalue weighted by Crippen LogP contribution is -2.36. The largest absolute Gasteiger partial charge is 0.378 e. The van der Waals surface area contributed by atoms with Crippen LogP contribution in [0.4, 0.5) is 16.3 Å². The number of hydrogen-bond donors (Lipinski definition) is 2. The molecule has 7 heteroatoms. The van der Waals surface area contributed by atoms with Gasteiger partial charge in [-0.25, -0.2) is 9.78 Å². The van der Waals surface area contributed by atoms with E-state index in [2.05, 4.69) is 20.5 Å². The number of nitrogens with one attached hydrogen (secondary N) is 2. The Bertz CT molecular complexity index is 788. The fourth-order valence-electron chi connectivity index (χ4n) is 2.71. The zero-order valence-electron chi connectivity index (χ0n) is 14.7. The second-order valence-electron chi connectivity index (χ2n) is 6.07. The third kappa shape index (κ3) is 4.80. The molecule has 1 fully saturated rings. The normalized spacial score (nSPS) is 14.0. The Morgan fingerprint density at radius 1 is 1.19 bits per heavy atom. The van der Waals surface area contributed by atoms with Gasteiger partial charge in [0.1, 0.15) is 5.82 Å². The van der Waals surface area contributed by atoms with Crippen LogP contribution >= 0.6 is 0 Å². The van der Waals surface area contributed by atoms with Gasteiger partial charge < -0.3 is 20.3 Å². The molecule has 136 valence electrons. The van der Waals surface area contributed by atoms with Crippen LogP contribution in [0.25, 0.3) is 0 Å². The van der Waals surface area contributed by atoms with Gasteiger partial charge in [-0.05, 0) is 36.8 Å². The van der Waals surface area contributed by atoms with Crippen LogP contribution in [0.2, 0.25) is 0 Å². The SMILES string of the molecule is CC(=O)c1cccc(NC(=O)NCc2ccnc(N3CCOCC3)c2)c1. The molecule has 0 radical (unpaired) electrons. The summed E-state index contributed by atoms with van der Waals surface area (Å²) in [7, 11) is 0. The van der Waals surface area contributed by atoms with Gasteiger partial charge in [0.2, 0.25) is 0 Å². The number of rotatable bonds is 5. The maximum atomic E-state index is 12.1. The van der Waals surface area contributed by atoms with E-state index in [1.165, 1.54) is 6.92 Å². The van der Waals surface area contributed by atoms with Gasteiger partial charge in [0.15, 0.2) is 5.78 Å². The minimum atomic E-state index is -0.324. The molecule has 2 aromatic rings. The van der Waals surface area contributed by atoms with Gasteiger partial charge in [0.05, 0.1) is 13.2 Å².